The van der Waals surface area contributed by atoms with Crippen LogP contribution in [-0.2, 0) is 16.5 Å². The lowest BCUT2D eigenvalue weighted by Gasteiger charge is -2.35. The monoisotopic (exact) mass is 384 g/mol. The standard InChI is InChI=1S/C20H26N6O2.H2/c1-13-11-28-9-7-26(13)17-10-15(14-4-3-8-27-12-14)20-19(22-17)18(24-25(20)2)16-5-6-21-23-16;/h5-6,10,13-14H,3-4,7-9,11-12H2,1-2H3,(H,21,23);1H/t13-,14-;/m1./s1. The van der Waals surface area contributed by atoms with Gasteiger partial charge in [0.05, 0.1) is 37.1 Å². The highest BCUT2D eigenvalue weighted by Crippen LogP contribution is 2.37. The van der Waals surface area contributed by atoms with Crippen LogP contribution in [-0.4, -0.2) is 64.0 Å². The molecule has 3 aromatic heterocycles. The van der Waals surface area contributed by atoms with Crippen molar-refractivity contribution in [3.63, 3.8) is 0 Å². The lowest BCUT2D eigenvalue weighted by Crippen LogP contribution is -2.44. The number of pyridine rings is 1. The summed E-state index contributed by atoms with van der Waals surface area (Å²) in [4.78, 5) is 7.43. The van der Waals surface area contributed by atoms with Crippen LogP contribution in [0.1, 0.15) is 32.7 Å². The summed E-state index contributed by atoms with van der Waals surface area (Å²) in [6.07, 6.45) is 3.96. The number of aromatic amines is 1. The van der Waals surface area contributed by atoms with Gasteiger partial charge in [-0.15, -0.1) is 0 Å². The Morgan fingerprint density at radius 2 is 2.14 bits per heavy atom. The fourth-order valence-electron chi connectivity index (χ4n) is 4.38. The molecule has 5 heterocycles. The number of rotatable bonds is 3. The number of nitrogens with one attached hydrogen (secondary N) is 1. The van der Waals surface area contributed by atoms with Gasteiger partial charge in [-0.2, -0.15) is 10.2 Å². The molecule has 0 spiro atoms. The Bertz CT molecular complexity index is 967. The van der Waals surface area contributed by atoms with Gasteiger partial charge in [0, 0.05) is 33.7 Å². The number of morpholine rings is 1. The fraction of sp³-hybridized carbons (Fsp3) is 0.550. The number of ether oxygens (including phenoxy) is 2. The van der Waals surface area contributed by atoms with E-state index in [0.29, 0.717) is 12.0 Å². The number of H-pyrrole nitrogens is 1. The fourth-order valence-corrected chi connectivity index (χ4v) is 4.38. The summed E-state index contributed by atoms with van der Waals surface area (Å²) in [7, 11) is 1.99. The molecule has 0 unspecified atom stereocenters. The molecule has 0 bridgehead atoms. The van der Waals surface area contributed by atoms with Crippen molar-refractivity contribution in [1.82, 2.24) is 25.0 Å². The van der Waals surface area contributed by atoms with Crippen molar-refractivity contribution >= 4 is 16.9 Å². The zero-order chi connectivity index (χ0) is 19.1. The molecule has 2 atom stereocenters. The number of hydrogen-bond donors (Lipinski definition) is 1. The van der Waals surface area contributed by atoms with E-state index in [0.717, 1.165) is 74.1 Å². The molecule has 0 amide bonds. The number of aryl methyl sites for hydroxylation is 1. The minimum atomic E-state index is 0. The maximum atomic E-state index is 5.81. The number of hydrogen-bond acceptors (Lipinski definition) is 6. The molecule has 0 radical (unpaired) electrons. The Balaban J connectivity index is 0.00000205. The predicted octanol–water partition coefficient (Wildman–Crippen LogP) is 2.72. The van der Waals surface area contributed by atoms with Crippen LogP contribution >= 0.6 is 0 Å². The minimum Gasteiger partial charge on any atom is -0.381 e. The quantitative estimate of drug-likeness (QED) is 0.748. The Morgan fingerprint density at radius 1 is 1.25 bits per heavy atom. The van der Waals surface area contributed by atoms with Gasteiger partial charge in [0.1, 0.15) is 17.0 Å². The Labute approximate surface area is 165 Å². The molecule has 2 aliphatic heterocycles. The van der Waals surface area contributed by atoms with Crippen molar-refractivity contribution in [3.05, 3.63) is 23.9 Å². The average Bonchev–Trinajstić information content (AvgIpc) is 3.37. The van der Waals surface area contributed by atoms with Gasteiger partial charge in [-0.05, 0) is 37.5 Å². The maximum absolute atomic E-state index is 5.81. The summed E-state index contributed by atoms with van der Waals surface area (Å²) in [6, 6.07) is 4.49. The van der Waals surface area contributed by atoms with Gasteiger partial charge in [0.25, 0.3) is 0 Å². The van der Waals surface area contributed by atoms with Gasteiger partial charge in [0.15, 0.2) is 0 Å². The summed E-state index contributed by atoms with van der Waals surface area (Å²) in [5, 5.41) is 11.9. The van der Waals surface area contributed by atoms with E-state index in [4.69, 9.17) is 19.6 Å². The first-order chi connectivity index (χ1) is 13.7. The molecule has 1 N–H and O–H groups in total. The molecule has 0 aromatic carbocycles. The highest BCUT2D eigenvalue weighted by atomic mass is 16.5. The van der Waals surface area contributed by atoms with E-state index < -0.39 is 0 Å². The zero-order valence-corrected chi connectivity index (χ0v) is 16.4. The summed E-state index contributed by atoms with van der Waals surface area (Å²) in [6.45, 7) is 6.09. The highest BCUT2D eigenvalue weighted by molar-refractivity contribution is 5.92. The molecular weight excluding hydrogens is 356 g/mol. The smallest absolute Gasteiger partial charge is 0.136 e. The first-order valence-corrected chi connectivity index (χ1v) is 10.0. The van der Waals surface area contributed by atoms with Crippen LogP contribution in [0.25, 0.3) is 22.4 Å². The molecule has 2 fully saturated rings. The SMILES string of the molecule is C[C@@H]1COCCN1c1cc([C@@H]2CCCOC2)c2c(n1)c(-c1ccn[nH]1)nn2C.[HH]. The van der Waals surface area contributed by atoms with Crippen LogP contribution in [0.3, 0.4) is 0 Å². The van der Waals surface area contributed by atoms with Crippen LogP contribution in [0, 0.1) is 0 Å². The predicted molar refractivity (Wildman–Crippen MR) is 109 cm³/mol. The minimum absolute atomic E-state index is 0. The van der Waals surface area contributed by atoms with Gasteiger partial charge < -0.3 is 14.4 Å². The summed E-state index contributed by atoms with van der Waals surface area (Å²) < 4.78 is 13.4. The molecule has 2 saturated heterocycles. The van der Waals surface area contributed by atoms with E-state index in [9.17, 15) is 0 Å². The van der Waals surface area contributed by atoms with Crippen molar-refractivity contribution in [3.8, 4) is 11.4 Å². The van der Waals surface area contributed by atoms with Crippen molar-refractivity contribution in [1.29, 1.82) is 0 Å². The van der Waals surface area contributed by atoms with Crippen LogP contribution < -0.4 is 4.90 Å². The summed E-state index contributed by atoms with van der Waals surface area (Å²) >= 11 is 0. The van der Waals surface area contributed by atoms with Crippen molar-refractivity contribution < 1.29 is 10.9 Å². The van der Waals surface area contributed by atoms with Crippen molar-refractivity contribution in [2.24, 2.45) is 7.05 Å². The molecule has 3 aromatic rings. The van der Waals surface area contributed by atoms with Gasteiger partial charge >= 0.3 is 0 Å². The third-order valence-corrected chi connectivity index (χ3v) is 5.82. The Kier molecular flexibility index (Phi) is 4.52. The highest BCUT2D eigenvalue weighted by Gasteiger charge is 2.27. The van der Waals surface area contributed by atoms with Gasteiger partial charge in [-0.25, -0.2) is 4.98 Å². The van der Waals surface area contributed by atoms with Gasteiger partial charge in [-0.3, -0.25) is 9.78 Å². The molecule has 5 rings (SSSR count). The molecule has 28 heavy (non-hydrogen) atoms. The first kappa shape index (κ1) is 17.6. The van der Waals surface area contributed by atoms with Crippen molar-refractivity contribution in [2.75, 3.05) is 37.9 Å². The zero-order valence-electron chi connectivity index (χ0n) is 16.4. The molecule has 8 heteroatoms. The lowest BCUT2D eigenvalue weighted by molar-refractivity contribution is 0.0806. The third kappa shape index (κ3) is 2.97. The second-order valence-corrected chi connectivity index (χ2v) is 7.74. The van der Waals surface area contributed by atoms with Crippen LogP contribution in [0.15, 0.2) is 18.3 Å². The maximum Gasteiger partial charge on any atom is 0.136 e. The van der Waals surface area contributed by atoms with E-state index in [2.05, 4.69) is 28.1 Å². The molecular formula is C20H28N6O2. The Hall–Kier alpha value is -2.45. The van der Waals surface area contributed by atoms with Gasteiger partial charge in [0.2, 0.25) is 0 Å². The number of aromatic nitrogens is 5. The van der Waals surface area contributed by atoms with E-state index in [1.807, 2.05) is 17.8 Å². The van der Waals surface area contributed by atoms with Crippen LogP contribution in [0.5, 0.6) is 0 Å². The molecule has 0 aliphatic carbocycles. The number of nitrogens with zero attached hydrogens (tertiary/aromatic N) is 5. The molecule has 2 aliphatic rings. The summed E-state index contributed by atoms with van der Waals surface area (Å²) in [5.74, 6) is 1.36. The van der Waals surface area contributed by atoms with E-state index in [-0.39, 0.29) is 1.43 Å². The normalized spacial score (nSPS) is 23.4. The first-order valence-electron chi connectivity index (χ1n) is 10.0. The molecule has 0 saturated carbocycles. The van der Waals surface area contributed by atoms with Crippen LogP contribution in [0.4, 0.5) is 5.82 Å². The van der Waals surface area contributed by atoms with E-state index in [1.54, 1.807) is 6.20 Å². The lowest BCUT2D eigenvalue weighted by atomic mass is 9.92. The van der Waals surface area contributed by atoms with Gasteiger partial charge in [-0.1, -0.05) is 0 Å². The van der Waals surface area contributed by atoms with Crippen molar-refractivity contribution in [2.45, 2.75) is 31.7 Å². The largest absolute Gasteiger partial charge is 0.381 e. The molecule has 8 nitrogen and oxygen atoms in total. The topological polar surface area (TPSA) is 81.1 Å². The van der Waals surface area contributed by atoms with E-state index in [1.165, 1.54) is 5.56 Å². The second kappa shape index (κ2) is 7.18. The third-order valence-electron chi connectivity index (χ3n) is 5.82. The van der Waals surface area contributed by atoms with Crippen LogP contribution in [0.2, 0.25) is 0 Å². The number of fused-ring (bicyclic) bond motifs is 1. The van der Waals surface area contributed by atoms with E-state index >= 15 is 0 Å². The number of anilines is 1. The summed E-state index contributed by atoms with van der Waals surface area (Å²) in [5.41, 5.74) is 5.01. The Morgan fingerprint density at radius 3 is 2.89 bits per heavy atom. The average molecular weight is 384 g/mol. The second-order valence-electron chi connectivity index (χ2n) is 7.74. The molecule has 150 valence electrons.